The third-order valence-corrected chi connectivity index (χ3v) is 1.50. The number of hydrogen-bond acceptors (Lipinski definition) is 4. The van der Waals surface area contributed by atoms with E-state index in [4.69, 9.17) is 5.73 Å². The number of nitrogens with two attached hydrogens (primary N) is 1. The van der Waals surface area contributed by atoms with Gasteiger partial charge in [-0.2, -0.15) is 5.10 Å². The molecule has 2 amide bonds. The smallest absolute Gasteiger partial charge is 0.337 e. The van der Waals surface area contributed by atoms with Gasteiger partial charge in [0.1, 0.15) is 5.69 Å². The number of nitrogens with one attached hydrogen (secondary N) is 1. The molecule has 0 aromatic carbocycles. The molecule has 0 bridgehead atoms. The van der Waals surface area contributed by atoms with E-state index in [1.54, 1.807) is 14.1 Å². The van der Waals surface area contributed by atoms with Crippen LogP contribution in [0.1, 0.15) is 5.69 Å². The quantitative estimate of drug-likeness (QED) is 0.384. The topological polar surface area (TPSA) is 96.5 Å². The molecule has 0 aliphatic rings. The van der Waals surface area contributed by atoms with Crippen LogP contribution < -0.4 is 11.2 Å². The Kier molecular flexibility index (Phi) is 3.55. The first kappa shape index (κ1) is 10.9. The molecule has 0 aliphatic carbocycles. The van der Waals surface area contributed by atoms with Crippen molar-refractivity contribution in [3.8, 4) is 0 Å². The van der Waals surface area contributed by atoms with Crippen LogP contribution in [0, 0.1) is 0 Å². The van der Waals surface area contributed by atoms with Crippen molar-refractivity contribution in [2.75, 3.05) is 14.1 Å². The Morgan fingerprint density at radius 3 is 2.80 bits per heavy atom. The highest BCUT2D eigenvalue weighted by molar-refractivity contribution is 5.95. The van der Waals surface area contributed by atoms with E-state index in [0.29, 0.717) is 5.69 Å². The Morgan fingerprint density at radius 1 is 1.53 bits per heavy atom. The molecule has 0 aliphatic heterocycles. The lowest BCUT2D eigenvalue weighted by Crippen LogP contribution is -2.33. The summed E-state index contributed by atoms with van der Waals surface area (Å²) in [5, 5.41) is 3.67. The van der Waals surface area contributed by atoms with Crippen molar-refractivity contribution in [1.82, 2.24) is 20.3 Å². The van der Waals surface area contributed by atoms with Gasteiger partial charge in [0.2, 0.25) is 0 Å². The Hall–Kier alpha value is -2.18. The van der Waals surface area contributed by atoms with E-state index in [0.717, 1.165) is 0 Å². The van der Waals surface area contributed by atoms with Crippen LogP contribution in [0.2, 0.25) is 0 Å². The molecular weight excluding hydrogens is 196 g/mol. The summed E-state index contributed by atoms with van der Waals surface area (Å²) in [5.41, 5.74) is 8.23. The van der Waals surface area contributed by atoms with E-state index in [1.165, 1.54) is 23.5 Å². The molecule has 80 valence electrons. The van der Waals surface area contributed by atoms with Crippen molar-refractivity contribution in [1.29, 1.82) is 0 Å². The first-order valence-corrected chi connectivity index (χ1v) is 4.18. The maximum Gasteiger partial charge on any atom is 0.337 e. The van der Waals surface area contributed by atoms with E-state index in [9.17, 15) is 4.79 Å². The Balaban J connectivity index is 2.65. The highest BCUT2D eigenvalue weighted by Gasteiger charge is 2.03. The Labute approximate surface area is 87.0 Å². The lowest BCUT2D eigenvalue weighted by molar-refractivity contribution is 0.218. The van der Waals surface area contributed by atoms with Gasteiger partial charge in [-0.25, -0.2) is 15.2 Å². The van der Waals surface area contributed by atoms with Gasteiger partial charge in [0.15, 0.2) is 5.84 Å². The molecule has 0 fully saturated rings. The zero-order valence-corrected chi connectivity index (χ0v) is 8.51. The van der Waals surface area contributed by atoms with Crippen LogP contribution in [-0.2, 0) is 0 Å². The van der Waals surface area contributed by atoms with Gasteiger partial charge in [0, 0.05) is 26.5 Å². The molecule has 3 N–H and O–H groups in total. The minimum Gasteiger partial charge on any atom is -0.380 e. The molecule has 0 saturated carbocycles. The average molecular weight is 208 g/mol. The zero-order valence-electron chi connectivity index (χ0n) is 8.51. The molecule has 0 saturated heterocycles. The first-order chi connectivity index (χ1) is 7.11. The van der Waals surface area contributed by atoms with Crippen LogP contribution in [-0.4, -0.2) is 40.8 Å². The number of amides is 2. The maximum atomic E-state index is 11.1. The van der Waals surface area contributed by atoms with Crippen molar-refractivity contribution in [2.24, 2.45) is 10.8 Å². The number of rotatable bonds is 2. The maximum absolute atomic E-state index is 11.1. The summed E-state index contributed by atoms with van der Waals surface area (Å²) in [6.07, 6.45) is 4.47. The first-order valence-electron chi connectivity index (χ1n) is 4.18. The molecule has 0 atom stereocenters. The van der Waals surface area contributed by atoms with Crippen molar-refractivity contribution in [2.45, 2.75) is 0 Å². The highest BCUT2D eigenvalue weighted by Crippen LogP contribution is 1.88. The summed E-state index contributed by atoms with van der Waals surface area (Å²) in [6.45, 7) is 0. The fraction of sp³-hybridized carbons (Fsp3) is 0.250. The summed E-state index contributed by atoms with van der Waals surface area (Å²) in [4.78, 5) is 20.2. The summed E-state index contributed by atoms with van der Waals surface area (Å²) >= 11 is 0. The molecule has 1 heterocycles. The van der Waals surface area contributed by atoms with Gasteiger partial charge in [-0.3, -0.25) is 4.98 Å². The van der Waals surface area contributed by atoms with Crippen molar-refractivity contribution >= 4 is 11.9 Å². The number of carbonyl (C=O) groups excluding carboxylic acids is 1. The third-order valence-electron chi connectivity index (χ3n) is 1.50. The van der Waals surface area contributed by atoms with Crippen LogP contribution in [0.15, 0.2) is 23.7 Å². The summed E-state index contributed by atoms with van der Waals surface area (Å²) in [6, 6.07) is -0.359. The Bertz CT molecular complexity index is 361. The second kappa shape index (κ2) is 4.89. The number of hydrazone groups is 1. The Morgan fingerprint density at radius 2 is 2.27 bits per heavy atom. The van der Waals surface area contributed by atoms with E-state index in [1.807, 2.05) is 0 Å². The predicted molar refractivity (Wildman–Crippen MR) is 55.0 cm³/mol. The molecule has 7 nitrogen and oxygen atoms in total. The van der Waals surface area contributed by atoms with E-state index >= 15 is 0 Å². The monoisotopic (exact) mass is 208 g/mol. The van der Waals surface area contributed by atoms with Gasteiger partial charge < -0.3 is 10.6 Å². The summed E-state index contributed by atoms with van der Waals surface area (Å²) < 4.78 is 0. The second-order valence-corrected chi connectivity index (χ2v) is 2.90. The van der Waals surface area contributed by atoms with E-state index in [2.05, 4.69) is 20.5 Å². The normalized spacial score (nSPS) is 10.9. The van der Waals surface area contributed by atoms with Crippen molar-refractivity contribution in [3.63, 3.8) is 0 Å². The molecule has 7 heteroatoms. The number of nitrogens with zero attached hydrogens (tertiary/aromatic N) is 4. The lowest BCUT2D eigenvalue weighted by atomic mass is 10.4. The van der Waals surface area contributed by atoms with Gasteiger partial charge in [-0.1, -0.05) is 0 Å². The number of aromatic nitrogens is 2. The average Bonchev–Trinajstić information content (AvgIpc) is 2.26. The lowest BCUT2D eigenvalue weighted by Gasteiger charge is -2.08. The largest absolute Gasteiger partial charge is 0.380 e. The molecule has 0 spiro atoms. The zero-order chi connectivity index (χ0) is 11.3. The third kappa shape index (κ3) is 3.22. The van der Waals surface area contributed by atoms with Crippen LogP contribution >= 0.6 is 0 Å². The SMILES string of the molecule is CN(C)C(=O)N/N=C(\N)c1cnccn1. The van der Waals surface area contributed by atoms with Gasteiger partial charge in [-0.15, -0.1) is 0 Å². The molecule has 0 unspecified atom stereocenters. The number of hydrogen-bond donors (Lipinski definition) is 2. The van der Waals surface area contributed by atoms with Crippen LogP contribution in [0.25, 0.3) is 0 Å². The fourth-order valence-corrected chi connectivity index (χ4v) is 0.697. The number of urea groups is 1. The molecule has 1 aromatic rings. The number of carbonyl (C=O) groups is 1. The van der Waals surface area contributed by atoms with Crippen molar-refractivity contribution < 1.29 is 4.79 Å². The van der Waals surface area contributed by atoms with Crippen LogP contribution in [0.4, 0.5) is 4.79 Å². The van der Waals surface area contributed by atoms with Gasteiger partial charge in [0.05, 0.1) is 6.20 Å². The standard InChI is InChI=1S/C8H12N6O/c1-14(2)8(15)13-12-7(9)6-5-10-3-4-11-6/h3-5H,1-2H3,(H2,9,12)(H,13,15). The van der Waals surface area contributed by atoms with E-state index < -0.39 is 0 Å². The molecule has 1 rings (SSSR count). The fourth-order valence-electron chi connectivity index (χ4n) is 0.697. The van der Waals surface area contributed by atoms with Crippen LogP contribution in [0.3, 0.4) is 0 Å². The minimum absolute atomic E-state index is 0.110. The molecule has 0 radical (unpaired) electrons. The summed E-state index contributed by atoms with van der Waals surface area (Å²) in [7, 11) is 3.20. The summed E-state index contributed by atoms with van der Waals surface area (Å²) in [5.74, 6) is 0.110. The predicted octanol–water partition coefficient (Wildman–Crippen LogP) is -0.632. The minimum atomic E-state index is -0.359. The molecule has 15 heavy (non-hydrogen) atoms. The van der Waals surface area contributed by atoms with Crippen LogP contribution in [0.5, 0.6) is 0 Å². The van der Waals surface area contributed by atoms with Crippen molar-refractivity contribution in [3.05, 3.63) is 24.3 Å². The highest BCUT2D eigenvalue weighted by atomic mass is 16.2. The van der Waals surface area contributed by atoms with Gasteiger partial charge in [-0.05, 0) is 0 Å². The number of amidine groups is 1. The molecular formula is C8H12N6O. The van der Waals surface area contributed by atoms with E-state index in [-0.39, 0.29) is 11.9 Å². The van der Waals surface area contributed by atoms with Gasteiger partial charge >= 0.3 is 6.03 Å². The van der Waals surface area contributed by atoms with Gasteiger partial charge in [0.25, 0.3) is 0 Å². The second-order valence-electron chi connectivity index (χ2n) is 2.90. The molecule has 1 aromatic heterocycles.